The van der Waals surface area contributed by atoms with Crippen molar-refractivity contribution in [2.24, 2.45) is 0 Å². The van der Waals surface area contributed by atoms with Gasteiger partial charge in [0.25, 0.3) is 0 Å². The third-order valence-electron chi connectivity index (χ3n) is 3.76. The average Bonchev–Trinajstić information content (AvgIpc) is 2.53. The molecule has 2 N–H and O–H groups in total. The molecule has 0 radical (unpaired) electrons. The molecule has 0 aromatic heterocycles. The van der Waals surface area contributed by atoms with Gasteiger partial charge in [-0.2, -0.15) is 0 Å². The van der Waals surface area contributed by atoms with Gasteiger partial charge >= 0.3 is 6.03 Å². The Bertz CT molecular complexity index is 430. The molecule has 22 heavy (non-hydrogen) atoms. The molecular weight excluding hydrogens is 278 g/mol. The Balaban J connectivity index is 2.66. The molecule has 124 valence electrons. The topological polar surface area (TPSA) is 53.6 Å². The Kier molecular flexibility index (Phi) is 8.55. The van der Waals surface area contributed by atoms with E-state index in [1.165, 1.54) is 11.1 Å². The highest BCUT2D eigenvalue weighted by Gasteiger charge is 2.18. The highest BCUT2D eigenvalue weighted by Crippen LogP contribution is 2.20. The molecular formula is C17H29N3O2. The van der Waals surface area contributed by atoms with Gasteiger partial charge in [-0.25, -0.2) is 4.79 Å². The predicted octanol–water partition coefficient (Wildman–Crippen LogP) is 2.32. The zero-order valence-electron chi connectivity index (χ0n) is 14.2. The number of benzene rings is 1. The first-order valence-corrected chi connectivity index (χ1v) is 7.93. The molecule has 1 unspecified atom stereocenters. The highest BCUT2D eigenvalue weighted by atomic mass is 16.5. The van der Waals surface area contributed by atoms with Crippen molar-refractivity contribution < 1.29 is 9.53 Å². The SMILES string of the molecule is CCN(CC)C(CNC(=O)NCCOC)c1ccc(C)cc1. The van der Waals surface area contributed by atoms with Crippen LogP contribution in [0.5, 0.6) is 0 Å². The van der Waals surface area contributed by atoms with Crippen molar-refractivity contribution in [1.29, 1.82) is 0 Å². The molecule has 1 atom stereocenters. The molecule has 0 aliphatic rings. The second-order valence-corrected chi connectivity index (χ2v) is 5.28. The average molecular weight is 307 g/mol. The molecule has 0 saturated carbocycles. The van der Waals surface area contributed by atoms with Gasteiger partial charge in [0.05, 0.1) is 12.6 Å². The van der Waals surface area contributed by atoms with E-state index < -0.39 is 0 Å². The first kappa shape index (κ1) is 18.5. The molecule has 1 aromatic carbocycles. The number of aryl methyl sites for hydroxylation is 1. The summed E-state index contributed by atoms with van der Waals surface area (Å²) in [5, 5.41) is 5.74. The standard InChI is InChI=1S/C17H29N3O2/c1-5-20(6-2)16(15-9-7-14(3)8-10-15)13-19-17(21)18-11-12-22-4/h7-10,16H,5-6,11-13H2,1-4H3,(H2,18,19,21). The van der Waals surface area contributed by atoms with Crippen LogP contribution in [0.3, 0.4) is 0 Å². The Morgan fingerprint density at radius 2 is 1.82 bits per heavy atom. The Labute approximate surface area is 134 Å². The van der Waals surface area contributed by atoms with E-state index in [0.717, 1.165) is 13.1 Å². The lowest BCUT2D eigenvalue weighted by molar-refractivity contribution is 0.191. The van der Waals surface area contributed by atoms with Crippen LogP contribution in [0.25, 0.3) is 0 Å². The number of carbonyl (C=O) groups excluding carboxylic acids is 1. The van der Waals surface area contributed by atoms with Crippen LogP contribution in [-0.4, -0.2) is 50.8 Å². The maximum absolute atomic E-state index is 11.8. The van der Waals surface area contributed by atoms with Crippen LogP contribution in [0, 0.1) is 6.92 Å². The van der Waals surface area contributed by atoms with Gasteiger partial charge in [0.1, 0.15) is 0 Å². The first-order valence-electron chi connectivity index (χ1n) is 7.93. The van der Waals surface area contributed by atoms with Crippen molar-refractivity contribution in [3.63, 3.8) is 0 Å². The molecule has 5 nitrogen and oxygen atoms in total. The number of hydrogen-bond acceptors (Lipinski definition) is 3. The van der Waals surface area contributed by atoms with Crippen LogP contribution in [0.15, 0.2) is 24.3 Å². The summed E-state index contributed by atoms with van der Waals surface area (Å²) in [6, 6.07) is 8.55. The quantitative estimate of drug-likeness (QED) is 0.689. The molecule has 0 aliphatic heterocycles. The third kappa shape index (κ3) is 6.03. The fourth-order valence-electron chi connectivity index (χ4n) is 2.43. The number of rotatable bonds is 9. The summed E-state index contributed by atoms with van der Waals surface area (Å²) in [7, 11) is 1.62. The van der Waals surface area contributed by atoms with Crippen LogP contribution in [0.1, 0.15) is 31.0 Å². The van der Waals surface area contributed by atoms with Crippen LogP contribution in [-0.2, 0) is 4.74 Å². The number of methoxy groups -OCH3 is 1. The smallest absolute Gasteiger partial charge is 0.314 e. The molecule has 0 fully saturated rings. The molecule has 1 rings (SSSR count). The summed E-state index contributed by atoms with van der Waals surface area (Å²) in [6.07, 6.45) is 0. The van der Waals surface area contributed by atoms with Crippen molar-refractivity contribution in [2.45, 2.75) is 26.8 Å². The van der Waals surface area contributed by atoms with E-state index in [-0.39, 0.29) is 12.1 Å². The minimum atomic E-state index is -0.152. The maximum atomic E-state index is 11.8. The molecule has 2 amide bonds. The fraction of sp³-hybridized carbons (Fsp3) is 0.588. The van der Waals surface area contributed by atoms with Crippen molar-refractivity contribution in [3.05, 3.63) is 35.4 Å². The van der Waals surface area contributed by atoms with Gasteiger partial charge in [-0.3, -0.25) is 4.90 Å². The summed E-state index contributed by atoms with van der Waals surface area (Å²) in [5.74, 6) is 0. The van der Waals surface area contributed by atoms with Gasteiger partial charge in [0.15, 0.2) is 0 Å². The molecule has 0 bridgehead atoms. The molecule has 0 spiro atoms. The van der Waals surface area contributed by atoms with Gasteiger partial charge in [-0.15, -0.1) is 0 Å². The molecule has 0 heterocycles. The Morgan fingerprint density at radius 3 is 2.36 bits per heavy atom. The van der Waals surface area contributed by atoms with Gasteiger partial charge in [-0.1, -0.05) is 43.7 Å². The van der Waals surface area contributed by atoms with E-state index >= 15 is 0 Å². The maximum Gasteiger partial charge on any atom is 0.314 e. The lowest BCUT2D eigenvalue weighted by Crippen LogP contribution is -2.43. The Morgan fingerprint density at radius 1 is 1.18 bits per heavy atom. The summed E-state index contributed by atoms with van der Waals surface area (Å²) in [4.78, 5) is 14.2. The lowest BCUT2D eigenvalue weighted by atomic mass is 10.0. The summed E-state index contributed by atoms with van der Waals surface area (Å²) in [5.41, 5.74) is 2.47. The van der Waals surface area contributed by atoms with Crippen molar-refractivity contribution in [3.8, 4) is 0 Å². The number of amides is 2. The predicted molar refractivity (Wildman–Crippen MR) is 90.1 cm³/mol. The van der Waals surface area contributed by atoms with Gasteiger partial charge < -0.3 is 15.4 Å². The number of nitrogens with zero attached hydrogens (tertiary/aromatic N) is 1. The molecule has 1 aromatic rings. The minimum Gasteiger partial charge on any atom is -0.383 e. The third-order valence-corrected chi connectivity index (χ3v) is 3.76. The minimum absolute atomic E-state index is 0.152. The van der Waals surface area contributed by atoms with Crippen molar-refractivity contribution in [1.82, 2.24) is 15.5 Å². The normalized spacial score (nSPS) is 12.2. The number of hydrogen-bond donors (Lipinski definition) is 2. The Hall–Kier alpha value is -1.59. The second kappa shape index (κ2) is 10.2. The van der Waals surface area contributed by atoms with Crippen LogP contribution >= 0.6 is 0 Å². The lowest BCUT2D eigenvalue weighted by Gasteiger charge is -2.30. The zero-order valence-corrected chi connectivity index (χ0v) is 14.2. The number of ether oxygens (including phenoxy) is 1. The first-order chi connectivity index (χ1) is 10.6. The largest absolute Gasteiger partial charge is 0.383 e. The molecule has 0 aliphatic carbocycles. The van der Waals surface area contributed by atoms with E-state index in [1.54, 1.807) is 7.11 Å². The van der Waals surface area contributed by atoms with Gasteiger partial charge in [0, 0.05) is 20.2 Å². The number of urea groups is 1. The molecule has 5 heteroatoms. The second-order valence-electron chi connectivity index (χ2n) is 5.28. The number of nitrogens with one attached hydrogen (secondary N) is 2. The van der Waals surface area contributed by atoms with E-state index in [0.29, 0.717) is 19.7 Å². The summed E-state index contributed by atoms with van der Waals surface area (Å²) in [6.45, 7) is 9.88. The van der Waals surface area contributed by atoms with Crippen LogP contribution < -0.4 is 10.6 Å². The van der Waals surface area contributed by atoms with E-state index in [1.807, 2.05) is 0 Å². The highest BCUT2D eigenvalue weighted by molar-refractivity contribution is 5.73. The van der Waals surface area contributed by atoms with E-state index in [4.69, 9.17) is 4.74 Å². The van der Waals surface area contributed by atoms with Crippen LogP contribution in [0.4, 0.5) is 4.79 Å². The number of likely N-dealkylation sites (N-methyl/N-ethyl adjacent to an activating group) is 1. The van der Waals surface area contributed by atoms with E-state index in [9.17, 15) is 4.79 Å². The fourth-order valence-corrected chi connectivity index (χ4v) is 2.43. The number of carbonyl (C=O) groups is 1. The van der Waals surface area contributed by atoms with Crippen molar-refractivity contribution >= 4 is 6.03 Å². The van der Waals surface area contributed by atoms with Crippen LogP contribution in [0.2, 0.25) is 0 Å². The van der Waals surface area contributed by atoms with Gasteiger partial charge in [0.2, 0.25) is 0 Å². The zero-order chi connectivity index (χ0) is 16.4. The van der Waals surface area contributed by atoms with Crippen molar-refractivity contribution in [2.75, 3.05) is 39.9 Å². The monoisotopic (exact) mass is 307 g/mol. The van der Waals surface area contributed by atoms with E-state index in [2.05, 4.69) is 60.6 Å². The summed E-state index contributed by atoms with van der Waals surface area (Å²) >= 11 is 0. The summed E-state index contributed by atoms with van der Waals surface area (Å²) < 4.78 is 4.92. The van der Waals surface area contributed by atoms with Gasteiger partial charge in [-0.05, 0) is 25.6 Å². The molecule has 0 saturated heterocycles.